The van der Waals surface area contributed by atoms with Gasteiger partial charge in [-0.1, -0.05) is 80.9 Å². The molecule has 0 radical (unpaired) electrons. The fraction of sp³-hybridized carbons (Fsp3) is 0.440. The third kappa shape index (κ3) is 7.71. The molecule has 31 heavy (non-hydrogen) atoms. The molecule has 1 fully saturated rings. The predicted octanol–water partition coefficient (Wildman–Crippen LogP) is 5.74. The highest BCUT2D eigenvalue weighted by molar-refractivity contribution is 7.99. The van der Waals surface area contributed by atoms with Crippen molar-refractivity contribution in [3.05, 3.63) is 60.2 Å². The second kappa shape index (κ2) is 13.9. The molecule has 2 heterocycles. The van der Waals surface area contributed by atoms with Gasteiger partial charge in [-0.05, 0) is 36.5 Å². The molecule has 0 unspecified atom stereocenters. The van der Waals surface area contributed by atoms with Crippen molar-refractivity contribution in [2.75, 3.05) is 26.0 Å². The number of amides is 1. The first kappa shape index (κ1) is 25.0. The minimum Gasteiger partial charge on any atom is -0.431 e. The number of para-hydroxylation sites is 2. The lowest BCUT2D eigenvalue weighted by Crippen LogP contribution is -2.38. The maximum Gasteiger partial charge on any atom is 0.257 e. The van der Waals surface area contributed by atoms with Crippen LogP contribution >= 0.6 is 11.8 Å². The van der Waals surface area contributed by atoms with E-state index in [0.29, 0.717) is 16.9 Å². The number of likely N-dealkylation sites (tertiary alicyclic amines) is 1. The van der Waals surface area contributed by atoms with Gasteiger partial charge in [-0.25, -0.2) is 4.98 Å². The Morgan fingerprint density at radius 1 is 1.03 bits per heavy atom. The molecule has 6 heteroatoms. The van der Waals surface area contributed by atoms with E-state index in [-0.39, 0.29) is 5.91 Å². The second-order valence-corrected chi connectivity index (χ2v) is 8.23. The van der Waals surface area contributed by atoms with E-state index in [9.17, 15) is 4.79 Å². The van der Waals surface area contributed by atoms with Crippen LogP contribution in [-0.4, -0.2) is 46.8 Å². The summed E-state index contributed by atoms with van der Waals surface area (Å²) in [5.74, 6) is 1.11. The number of aliphatic hydroxyl groups excluding tert-OH is 1. The Morgan fingerprint density at radius 2 is 1.65 bits per heavy atom. The Morgan fingerprint density at radius 3 is 2.26 bits per heavy atom. The van der Waals surface area contributed by atoms with Crippen molar-refractivity contribution in [3.63, 3.8) is 0 Å². The third-order valence-corrected chi connectivity index (χ3v) is 6.02. The zero-order valence-electron chi connectivity index (χ0n) is 18.8. The normalized spacial score (nSPS) is 13.7. The van der Waals surface area contributed by atoms with Crippen LogP contribution in [0.2, 0.25) is 0 Å². The lowest BCUT2D eigenvalue weighted by Gasteiger charge is -2.32. The summed E-state index contributed by atoms with van der Waals surface area (Å²) >= 11 is 1.38. The summed E-state index contributed by atoms with van der Waals surface area (Å²) in [5.41, 5.74) is 2.98. The van der Waals surface area contributed by atoms with Gasteiger partial charge >= 0.3 is 0 Å². The molecule has 0 atom stereocenters. The highest BCUT2D eigenvalue weighted by Crippen LogP contribution is 2.29. The number of unbranched alkanes of at least 4 members (excludes halogenated alkanes) is 1. The maximum atomic E-state index is 12.5. The van der Waals surface area contributed by atoms with E-state index in [1.807, 2.05) is 35.2 Å². The van der Waals surface area contributed by atoms with Crippen molar-refractivity contribution < 1.29 is 14.3 Å². The van der Waals surface area contributed by atoms with Gasteiger partial charge in [0.2, 0.25) is 5.91 Å². The quantitative estimate of drug-likeness (QED) is 0.510. The number of aromatic nitrogens is 1. The zero-order valence-corrected chi connectivity index (χ0v) is 19.6. The standard InChI is InChI=1S/C20H20N2O2S.C4H10.CH4O/c23-19(14-25-20-21-17-8-4-5-9-18(17)24-20)22-12-10-16(11-13-22)15-6-2-1-3-7-15;1-3-4-2;1-2/h1-9,16H,10-14H2;3-4H2,1-2H3;2H,1H3. The molecule has 1 N–H and O–H groups in total. The number of nitrogens with zero attached hydrogens (tertiary/aromatic N) is 2. The molecule has 1 aromatic heterocycles. The third-order valence-electron chi connectivity index (χ3n) is 5.21. The maximum absolute atomic E-state index is 12.5. The second-order valence-electron chi connectivity index (χ2n) is 7.30. The lowest BCUT2D eigenvalue weighted by molar-refractivity contribution is -0.129. The molecule has 0 bridgehead atoms. The Balaban J connectivity index is 0.000000513. The van der Waals surface area contributed by atoms with Gasteiger partial charge in [-0.3, -0.25) is 4.79 Å². The largest absolute Gasteiger partial charge is 0.431 e. The molecule has 1 saturated heterocycles. The van der Waals surface area contributed by atoms with E-state index in [0.717, 1.165) is 44.1 Å². The number of hydrogen-bond acceptors (Lipinski definition) is 5. The van der Waals surface area contributed by atoms with E-state index in [2.05, 4.69) is 43.1 Å². The van der Waals surface area contributed by atoms with Crippen molar-refractivity contribution in [2.45, 2.75) is 50.7 Å². The molecule has 0 aliphatic carbocycles. The topological polar surface area (TPSA) is 66.6 Å². The van der Waals surface area contributed by atoms with Crippen LogP contribution in [0.1, 0.15) is 51.0 Å². The summed E-state index contributed by atoms with van der Waals surface area (Å²) in [6.45, 7) is 6.01. The fourth-order valence-corrected chi connectivity index (χ4v) is 4.06. The van der Waals surface area contributed by atoms with E-state index >= 15 is 0 Å². The number of hydrogen-bond donors (Lipinski definition) is 1. The van der Waals surface area contributed by atoms with Gasteiger partial charge < -0.3 is 14.4 Å². The number of carbonyl (C=O) groups excluding carboxylic acids is 1. The van der Waals surface area contributed by atoms with Gasteiger partial charge in [0.25, 0.3) is 5.22 Å². The molecule has 1 aliphatic rings. The van der Waals surface area contributed by atoms with Crippen LogP contribution in [0.4, 0.5) is 0 Å². The molecule has 168 valence electrons. The molecule has 0 saturated carbocycles. The summed E-state index contributed by atoms with van der Waals surface area (Å²) < 4.78 is 5.66. The fourth-order valence-electron chi connectivity index (χ4n) is 3.31. The van der Waals surface area contributed by atoms with Gasteiger partial charge in [-0.2, -0.15) is 0 Å². The number of fused-ring (bicyclic) bond motifs is 1. The van der Waals surface area contributed by atoms with Crippen LogP contribution in [0.15, 0.2) is 64.2 Å². The van der Waals surface area contributed by atoms with E-state index in [1.165, 1.54) is 30.2 Å². The summed E-state index contributed by atoms with van der Waals surface area (Å²) in [6, 6.07) is 18.3. The molecular weight excluding hydrogens is 408 g/mol. The smallest absolute Gasteiger partial charge is 0.257 e. The lowest BCUT2D eigenvalue weighted by atomic mass is 9.89. The summed E-state index contributed by atoms with van der Waals surface area (Å²) in [5, 5.41) is 7.56. The number of thioether (sulfide) groups is 1. The highest BCUT2D eigenvalue weighted by Gasteiger charge is 2.24. The van der Waals surface area contributed by atoms with Gasteiger partial charge in [0.1, 0.15) is 5.52 Å². The Hall–Kier alpha value is -2.31. The van der Waals surface area contributed by atoms with Crippen molar-refractivity contribution in [1.82, 2.24) is 9.88 Å². The van der Waals surface area contributed by atoms with Gasteiger partial charge in [0.15, 0.2) is 5.58 Å². The highest BCUT2D eigenvalue weighted by atomic mass is 32.2. The molecule has 1 amide bonds. The Bertz CT molecular complexity index is 855. The number of carbonyl (C=O) groups is 1. The van der Waals surface area contributed by atoms with Gasteiger partial charge in [-0.15, -0.1) is 0 Å². The summed E-state index contributed by atoms with van der Waals surface area (Å²) in [4.78, 5) is 18.8. The van der Waals surface area contributed by atoms with Crippen molar-refractivity contribution >= 4 is 28.8 Å². The van der Waals surface area contributed by atoms with Crippen LogP contribution in [0.5, 0.6) is 0 Å². The summed E-state index contributed by atoms with van der Waals surface area (Å²) in [7, 11) is 1.00. The minimum atomic E-state index is 0.166. The van der Waals surface area contributed by atoms with Crippen LogP contribution < -0.4 is 0 Å². The average molecular weight is 443 g/mol. The minimum absolute atomic E-state index is 0.166. The molecule has 1 aliphatic heterocycles. The molecular formula is C25H34N2O3S. The van der Waals surface area contributed by atoms with Crippen LogP contribution in [0.25, 0.3) is 11.1 Å². The van der Waals surface area contributed by atoms with Gasteiger partial charge in [0.05, 0.1) is 5.75 Å². The van der Waals surface area contributed by atoms with Crippen LogP contribution in [-0.2, 0) is 4.79 Å². The average Bonchev–Trinajstić information content (AvgIpc) is 3.28. The SMILES string of the molecule is CCCC.CO.O=C(CSc1nc2ccccc2o1)N1CCC(c2ccccc2)CC1. The molecule has 4 rings (SSSR count). The molecule has 5 nitrogen and oxygen atoms in total. The first-order valence-corrected chi connectivity index (χ1v) is 12.0. The van der Waals surface area contributed by atoms with Crippen molar-refractivity contribution in [1.29, 1.82) is 0 Å². The summed E-state index contributed by atoms with van der Waals surface area (Å²) in [6.07, 6.45) is 4.70. The number of benzene rings is 2. The zero-order chi connectivity index (χ0) is 22.5. The monoisotopic (exact) mass is 442 g/mol. The van der Waals surface area contributed by atoms with E-state index < -0.39 is 0 Å². The Labute approximate surface area is 189 Å². The Kier molecular flexibility index (Phi) is 11.2. The predicted molar refractivity (Wildman–Crippen MR) is 128 cm³/mol. The number of oxazole rings is 1. The van der Waals surface area contributed by atoms with E-state index in [4.69, 9.17) is 9.52 Å². The number of rotatable bonds is 5. The number of piperidine rings is 1. The first-order valence-electron chi connectivity index (χ1n) is 11.0. The van der Waals surface area contributed by atoms with Gasteiger partial charge in [0, 0.05) is 20.2 Å². The van der Waals surface area contributed by atoms with Crippen LogP contribution in [0.3, 0.4) is 0 Å². The van der Waals surface area contributed by atoms with Crippen molar-refractivity contribution in [3.8, 4) is 0 Å². The van der Waals surface area contributed by atoms with Crippen LogP contribution in [0, 0.1) is 0 Å². The van der Waals surface area contributed by atoms with E-state index in [1.54, 1.807) is 0 Å². The first-order chi connectivity index (χ1) is 15.2. The molecule has 3 aromatic rings. The molecule has 0 spiro atoms. The number of aliphatic hydroxyl groups is 1. The van der Waals surface area contributed by atoms with Crippen molar-refractivity contribution in [2.24, 2.45) is 0 Å². The molecule has 2 aromatic carbocycles.